The van der Waals surface area contributed by atoms with E-state index in [1.807, 2.05) is 48.4 Å². The first-order valence-electron chi connectivity index (χ1n) is 6.46. The van der Waals surface area contributed by atoms with Crippen LogP contribution in [0.2, 0.25) is 0 Å². The molecule has 2 atom stereocenters. The fraction of sp³-hybridized carbons (Fsp3) is 0.188. The molecule has 2 aromatic rings. The molecule has 4 rings (SSSR count). The van der Waals surface area contributed by atoms with Crippen molar-refractivity contribution >= 4 is 5.71 Å². The van der Waals surface area contributed by atoms with Gasteiger partial charge in [-0.15, -0.1) is 5.06 Å². The van der Waals surface area contributed by atoms with Crippen molar-refractivity contribution in [2.45, 2.75) is 18.8 Å². The number of hydroxylamine groups is 2. The average molecular weight is 250 g/mol. The summed E-state index contributed by atoms with van der Waals surface area (Å²) in [5.41, 5.74) is 2.80. The van der Waals surface area contributed by atoms with E-state index in [0.29, 0.717) is 0 Å². The van der Waals surface area contributed by atoms with Crippen LogP contribution in [0.25, 0.3) is 0 Å². The Morgan fingerprint density at radius 2 is 1.47 bits per heavy atom. The Bertz CT molecular complexity index is 597. The normalized spacial score (nSPS) is 26.7. The minimum atomic E-state index is -0.517. The van der Waals surface area contributed by atoms with E-state index in [4.69, 9.17) is 9.83 Å². The molecule has 0 bridgehead atoms. The smallest absolute Gasteiger partial charge is 0.195 e. The van der Waals surface area contributed by atoms with Gasteiger partial charge in [0.25, 0.3) is 0 Å². The maximum absolute atomic E-state index is 5.69. The fourth-order valence-electron chi connectivity index (χ4n) is 2.82. The third kappa shape index (κ3) is 1.43. The van der Waals surface area contributed by atoms with Crippen LogP contribution in [0.1, 0.15) is 18.1 Å². The van der Waals surface area contributed by atoms with Gasteiger partial charge in [-0.3, -0.25) is 9.83 Å². The molecule has 19 heavy (non-hydrogen) atoms. The Morgan fingerprint density at radius 3 is 1.84 bits per heavy atom. The highest BCUT2D eigenvalue weighted by Gasteiger charge is 2.61. The van der Waals surface area contributed by atoms with E-state index < -0.39 is 5.66 Å². The quantitative estimate of drug-likeness (QED) is 0.766. The van der Waals surface area contributed by atoms with Crippen molar-refractivity contribution in [3.63, 3.8) is 0 Å². The Balaban J connectivity index is 1.96. The largest absolute Gasteiger partial charge is 0.265 e. The second kappa shape index (κ2) is 3.76. The highest BCUT2D eigenvalue weighted by atomic mass is 16.8. The molecule has 0 radical (unpaired) electrons. The van der Waals surface area contributed by atoms with E-state index >= 15 is 0 Å². The zero-order chi connectivity index (χ0) is 12.9. The minimum absolute atomic E-state index is 0.0420. The summed E-state index contributed by atoms with van der Waals surface area (Å²) >= 11 is 0. The van der Waals surface area contributed by atoms with Gasteiger partial charge in [0, 0.05) is 11.1 Å². The van der Waals surface area contributed by atoms with Crippen molar-refractivity contribution in [3.8, 4) is 0 Å². The topological polar surface area (TPSA) is 27.9 Å². The molecule has 0 N–H and O–H groups in total. The van der Waals surface area contributed by atoms with Gasteiger partial charge in [-0.2, -0.15) is 0 Å². The lowest BCUT2D eigenvalue weighted by Crippen LogP contribution is -2.32. The molecular formula is C16H14N2O. The fourth-order valence-corrected chi connectivity index (χ4v) is 2.82. The van der Waals surface area contributed by atoms with Gasteiger partial charge >= 0.3 is 0 Å². The molecule has 2 aromatic carbocycles. The molecule has 0 aliphatic carbocycles. The lowest BCUT2D eigenvalue weighted by Gasteiger charge is -2.28. The van der Waals surface area contributed by atoms with E-state index in [1.165, 1.54) is 0 Å². The lowest BCUT2D eigenvalue weighted by atomic mass is 9.92. The van der Waals surface area contributed by atoms with Crippen LogP contribution < -0.4 is 0 Å². The molecule has 2 heterocycles. The standard InChI is InChI=1S/C16H14N2O/c1-12-15-18(19-15)16(17-12,13-8-4-2-5-9-13)14-10-6-3-7-11-14/h2-11,15H,1H3. The van der Waals surface area contributed by atoms with Gasteiger partial charge in [-0.1, -0.05) is 60.7 Å². The van der Waals surface area contributed by atoms with Gasteiger partial charge in [0.15, 0.2) is 11.9 Å². The summed E-state index contributed by atoms with van der Waals surface area (Å²) in [4.78, 5) is 10.6. The third-order valence-corrected chi connectivity index (χ3v) is 3.75. The first-order chi connectivity index (χ1) is 9.32. The lowest BCUT2D eigenvalue weighted by molar-refractivity contribution is 0.0939. The summed E-state index contributed by atoms with van der Waals surface area (Å²) in [5.74, 6) is 0. The second-order valence-corrected chi connectivity index (χ2v) is 4.94. The Morgan fingerprint density at radius 1 is 0.947 bits per heavy atom. The maximum atomic E-state index is 5.69. The van der Waals surface area contributed by atoms with Crippen LogP contribution in [0.4, 0.5) is 0 Å². The van der Waals surface area contributed by atoms with Gasteiger partial charge in [-0.25, -0.2) is 0 Å². The van der Waals surface area contributed by atoms with E-state index in [-0.39, 0.29) is 6.23 Å². The number of aliphatic imine (C=N–C) groups is 1. The van der Waals surface area contributed by atoms with Crippen LogP contribution in [-0.4, -0.2) is 17.0 Å². The van der Waals surface area contributed by atoms with Crippen molar-refractivity contribution in [1.82, 2.24) is 5.06 Å². The molecular weight excluding hydrogens is 236 g/mol. The molecule has 94 valence electrons. The average Bonchev–Trinajstić information content (AvgIpc) is 3.22. The van der Waals surface area contributed by atoms with Crippen molar-refractivity contribution in [3.05, 3.63) is 71.8 Å². The summed E-state index contributed by atoms with van der Waals surface area (Å²) in [7, 11) is 0. The van der Waals surface area contributed by atoms with E-state index in [0.717, 1.165) is 16.8 Å². The van der Waals surface area contributed by atoms with Crippen molar-refractivity contribution < 1.29 is 4.84 Å². The SMILES string of the molecule is CC1=NC(c2ccccc2)(c2ccccc2)N2OC12. The van der Waals surface area contributed by atoms with Crippen LogP contribution in [-0.2, 0) is 10.5 Å². The molecule has 2 aliphatic rings. The molecule has 0 aromatic heterocycles. The number of hydrogen-bond acceptors (Lipinski definition) is 3. The van der Waals surface area contributed by atoms with E-state index in [2.05, 4.69) is 24.3 Å². The highest BCUT2D eigenvalue weighted by molar-refractivity contribution is 5.90. The Kier molecular flexibility index (Phi) is 2.16. The zero-order valence-electron chi connectivity index (χ0n) is 10.7. The van der Waals surface area contributed by atoms with Gasteiger partial charge in [0.05, 0.1) is 5.71 Å². The number of hydrogen-bond donors (Lipinski definition) is 0. The van der Waals surface area contributed by atoms with Crippen molar-refractivity contribution in [1.29, 1.82) is 0 Å². The van der Waals surface area contributed by atoms with Gasteiger partial charge < -0.3 is 0 Å². The number of rotatable bonds is 2. The summed E-state index contributed by atoms with van der Waals surface area (Å²) in [6, 6.07) is 20.6. The molecule has 1 saturated heterocycles. The monoisotopic (exact) mass is 250 g/mol. The van der Waals surface area contributed by atoms with Gasteiger partial charge in [0.2, 0.25) is 0 Å². The number of benzene rings is 2. The van der Waals surface area contributed by atoms with Gasteiger partial charge in [0.1, 0.15) is 0 Å². The van der Waals surface area contributed by atoms with E-state index in [9.17, 15) is 0 Å². The molecule has 2 unspecified atom stereocenters. The summed E-state index contributed by atoms with van der Waals surface area (Å²) < 4.78 is 0. The highest BCUT2D eigenvalue weighted by Crippen LogP contribution is 2.50. The van der Waals surface area contributed by atoms with Crippen molar-refractivity contribution in [2.75, 3.05) is 0 Å². The summed E-state index contributed by atoms with van der Waals surface area (Å²) in [5, 5.41) is 1.98. The molecule has 1 fully saturated rings. The molecule has 0 spiro atoms. The first kappa shape index (κ1) is 10.9. The molecule has 3 nitrogen and oxygen atoms in total. The first-order valence-corrected chi connectivity index (χ1v) is 6.46. The van der Waals surface area contributed by atoms with Crippen LogP contribution in [0.15, 0.2) is 65.7 Å². The third-order valence-electron chi connectivity index (χ3n) is 3.75. The Hall–Kier alpha value is -1.97. The molecule has 0 saturated carbocycles. The van der Waals surface area contributed by atoms with E-state index in [1.54, 1.807) is 0 Å². The predicted molar refractivity (Wildman–Crippen MR) is 73.5 cm³/mol. The molecule has 0 amide bonds. The maximum Gasteiger partial charge on any atom is 0.195 e. The Labute approximate surface area is 112 Å². The number of fused-ring (bicyclic) bond motifs is 1. The minimum Gasteiger partial charge on any atom is -0.265 e. The zero-order valence-corrected chi connectivity index (χ0v) is 10.7. The predicted octanol–water partition coefficient (Wildman–Crippen LogP) is 2.94. The van der Waals surface area contributed by atoms with Crippen LogP contribution in [0.5, 0.6) is 0 Å². The number of nitrogens with zero attached hydrogens (tertiary/aromatic N) is 2. The summed E-state index contributed by atoms with van der Waals surface area (Å²) in [6.45, 7) is 2.03. The van der Waals surface area contributed by atoms with Gasteiger partial charge in [-0.05, 0) is 6.92 Å². The summed E-state index contributed by atoms with van der Waals surface area (Å²) in [6.07, 6.45) is 0.0420. The van der Waals surface area contributed by atoms with Crippen LogP contribution >= 0.6 is 0 Å². The second-order valence-electron chi connectivity index (χ2n) is 4.94. The van der Waals surface area contributed by atoms with Crippen molar-refractivity contribution in [2.24, 2.45) is 4.99 Å². The molecule has 2 aliphatic heterocycles. The van der Waals surface area contributed by atoms with Crippen LogP contribution in [0, 0.1) is 0 Å². The van der Waals surface area contributed by atoms with Crippen LogP contribution in [0.3, 0.4) is 0 Å². The molecule has 3 heteroatoms.